The topological polar surface area (TPSA) is 67.9 Å². The van der Waals surface area contributed by atoms with Crippen molar-refractivity contribution in [2.24, 2.45) is 0 Å². The van der Waals surface area contributed by atoms with Gasteiger partial charge in [-0.2, -0.15) is 13.1 Å². The number of hydrogen-bond donors (Lipinski definition) is 1. The lowest BCUT2D eigenvalue weighted by molar-refractivity contribution is -0.0522. The van der Waals surface area contributed by atoms with Gasteiger partial charge in [0.2, 0.25) is 10.0 Å². The van der Waals surface area contributed by atoms with E-state index in [0.717, 1.165) is 12.1 Å². The molecule has 0 amide bonds. The second-order valence-corrected chi connectivity index (χ2v) is 7.94. The molecule has 0 spiro atoms. The fraction of sp³-hybridized carbons (Fsp3) is 0.333. The Labute approximate surface area is 160 Å². The number of methoxy groups -OCH3 is 1. The molecule has 0 saturated carbocycles. The Bertz CT molecular complexity index is 940. The molecular formula is C18H19F3N2O4S. The van der Waals surface area contributed by atoms with Crippen LogP contribution in [0.25, 0.3) is 0 Å². The van der Waals surface area contributed by atoms with Gasteiger partial charge in [0, 0.05) is 25.2 Å². The predicted molar refractivity (Wildman–Crippen MR) is 95.5 cm³/mol. The molecule has 1 saturated heterocycles. The highest BCUT2D eigenvalue weighted by molar-refractivity contribution is 7.89. The summed E-state index contributed by atoms with van der Waals surface area (Å²) in [6, 6.07) is 9.09. The van der Waals surface area contributed by atoms with E-state index in [-0.39, 0.29) is 11.4 Å². The fourth-order valence-corrected chi connectivity index (χ4v) is 4.77. The summed E-state index contributed by atoms with van der Waals surface area (Å²) in [5, 5.41) is 3.14. The molecular weight excluding hydrogens is 397 g/mol. The number of nitrogens with one attached hydrogen (secondary N) is 1. The lowest BCUT2D eigenvalue weighted by Crippen LogP contribution is -2.48. The van der Waals surface area contributed by atoms with Crippen molar-refractivity contribution >= 4 is 10.0 Å². The van der Waals surface area contributed by atoms with Gasteiger partial charge < -0.3 is 14.8 Å². The van der Waals surface area contributed by atoms with Crippen molar-refractivity contribution in [1.82, 2.24) is 9.62 Å². The molecule has 28 heavy (non-hydrogen) atoms. The fourth-order valence-electron chi connectivity index (χ4n) is 3.15. The molecule has 1 fully saturated rings. The first-order chi connectivity index (χ1) is 13.3. The average molecular weight is 416 g/mol. The normalized spacial score (nSPS) is 18.2. The molecule has 152 valence electrons. The maximum Gasteiger partial charge on any atom is 0.387 e. The van der Waals surface area contributed by atoms with Crippen LogP contribution >= 0.6 is 0 Å². The van der Waals surface area contributed by atoms with E-state index in [4.69, 9.17) is 4.74 Å². The van der Waals surface area contributed by atoms with Crippen LogP contribution in [0.2, 0.25) is 0 Å². The van der Waals surface area contributed by atoms with E-state index < -0.39 is 34.2 Å². The third-order valence-electron chi connectivity index (χ3n) is 4.42. The highest BCUT2D eigenvalue weighted by Crippen LogP contribution is 2.34. The highest BCUT2D eigenvalue weighted by Gasteiger charge is 2.36. The predicted octanol–water partition coefficient (Wildman–Crippen LogP) is 2.77. The van der Waals surface area contributed by atoms with Crippen molar-refractivity contribution in [3.8, 4) is 11.5 Å². The zero-order valence-corrected chi connectivity index (χ0v) is 15.8. The molecule has 6 nitrogen and oxygen atoms in total. The molecule has 2 aromatic rings. The summed E-state index contributed by atoms with van der Waals surface area (Å²) < 4.78 is 75.6. The van der Waals surface area contributed by atoms with Crippen molar-refractivity contribution in [1.29, 1.82) is 0 Å². The minimum Gasteiger partial charge on any atom is -0.496 e. The zero-order chi connectivity index (χ0) is 20.3. The lowest BCUT2D eigenvalue weighted by atomic mass is 10.0. The number of hydrogen-bond acceptors (Lipinski definition) is 5. The highest BCUT2D eigenvalue weighted by atomic mass is 32.2. The quantitative estimate of drug-likeness (QED) is 0.785. The maximum atomic E-state index is 14.1. The second-order valence-electron chi connectivity index (χ2n) is 6.05. The van der Waals surface area contributed by atoms with Crippen LogP contribution in [-0.2, 0) is 10.0 Å². The van der Waals surface area contributed by atoms with Crippen LogP contribution in [0, 0.1) is 5.82 Å². The number of alkyl halides is 2. The summed E-state index contributed by atoms with van der Waals surface area (Å²) in [5.74, 6) is -1.36. The molecule has 2 aromatic carbocycles. The second kappa shape index (κ2) is 8.38. The molecule has 3 rings (SSSR count). The first kappa shape index (κ1) is 20.4. The van der Waals surface area contributed by atoms with Gasteiger partial charge in [-0.25, -0.2) is 12.8 Å². The van der Waals surface area contributed by atoms with Gasteiger partial charge in [-0.1, -0.05) is 18.2 Å². The first-order valence-electron chi connectivity index (χ1n) is 8.44. The number of ether oxygens (including phenoxy) is 2. The van der Waals surface area contributed by atoms with E-state index in [1.54, 1.807) is 24.3 Å². The molecule has 10 heteroatoms. The maximum absolute atomic E-state index is 14.1. The Kier molecular flexibility index (Phi) is 6.11. The number of halogens is 3. The van der Waals surface area contributed by atoms with Gasteiger partial charge >= 0.3 is 6.61 Å². The number of rotatable bonds is 6. The molecule has 1 unspecified atom stereocenters. The van der Waals surface area contributed by atoms with Crippen molar-refractivity contribution in [3.05, 3.63) is 53.8 Å². The standard InChI is InChI=1S/C18H19F3N2O4S/c1-26-16-5-3-2-4-13(16)15-11-22-8-9-23(15)28(24,25)12-6-7-17(14(19)10-12)27-18(20)21/h2-7,10,15,18,22H,8-9,11H2,1H3. The van der Waals surface area contributed by atoms with Crippen LogP contribution in [0.3, 0.4) is 0 Å². The number of para-hydroxylation sites is 1. The van der Waals surface area contributed by atoms with Crippen molar-refractivity contribution in [2.75, 3.05) is 26.7 Å². The number of sulfonamides is 1. The molecule has 0 aromatic heterocycles. The van der Waals surface area contributed by atoms with Crippen LogP contribution in [-0.4, -0.2) is 46.1 Å². The van der Waals surface area contributed by atoms with Crippen LogP contribution < -0.4 is 14.8 Å². The lowest BCUT2D eigenvalue weighted by Gasteiger charge is -2.36. The Hall–Kier alpha value is -2.30. The van der Waals surface area contributed by atoms with E-state index in [9.17, 15) is 21.6 Å². The summed E-state index contributed by atoms with van der Waals surface area (Å²) in [6.07, 6.45) is 0. The monoisotopic (exact) mass is 416 g/mol. The summed E-state index contributed by atoms with van der Waals surface area (Å²) in [5.41, 5.74) is 0.666. The summed E-state index contributed by atoms with van der Waals surface area (Å²) in [4.78, 5) is -0.339. The Morgan fingerprint density at radius 3 is 2.61 bits per heavy atom. The van der Waals surface area contributed by atoms with E-state index in [2.05, 4.69) is 10.1 Å². The summed E-state index contributed by atoms with van der Waals surface area (Å²) in [7, 11) is -2.61. The molecule has 1 N–H and O–H groups in total. The van der Waals surface area contributed by atoms with Crippen molar-refractivity contribution in [2.45, 2.75) is 17.5 Å². The number of benzene rings is 2. The van der Waals surface area contributed by atoms with Gasteiger partial charge in [-0.3, -0.25) is 0 Å². The van der Waals surface area contributed by atoms with Gasteiger partial charge in [0.05, 0.1) is 18.0 Å². The van der Waals surface area contributed by atoms with Crippen LogP contribution in [0.4, 0.5) is 13.2 Å². The number of piperazine rings is 1. The Balaban J connectivity index is 1.98. The minimum atomic E-state index is -4.10. The van der Waals surface area contributed by atoms with Gasteiger partial charge in [-0.15, -0.1) is 0 Å². The van der Waals surface area contributed by atoms with Gasteiger partial charge in [0.1, 0.15) is 5.75 Å². The smallest absolute Gasteiger partial charge is 0.387 e. The molecule has 1 atom stereocenters. The molecule has 0 radical (unpaired) electrons. The largest absolute Gasteiger partial charge is 0.496 e. The minimum absolute atomic E-state index is 0.155. The van der Waals surface area contributed by atoms with Crippen molar-refractivity contribution < 1.29 is 31.1 Å². The van der Waals surface area contributed by atoms with Gasteiger partial charge in [0.25, 0.3) is 0 Å². The zero-order valence-electron chi connectivity index (χ0n) is 14.9. The molecule has 1 heterocycles. The van der Waals surface area contributed by atoms with E-state index in [1.165, 1.54) is 11.4 Å². The van der Waals surface area contributed by atoms with E-state index in [0.29, 0.717) is 30.5 Å². The third-order valence-corrected chi connectivity index (χ3v) is 6.32. The third kappa shape index (κ3) is 4.08. The van der Waals surface area contributed by atoms with Crippen LogP contribution in [0.5, 0.6) is 11.5 Å². The van der Waals surface area contributed by atoms with Gasteiger partial charge in [-0.05, 0) is 24.3 Å². The van der Waals surface area contributed by atoms with Gasteiger partial charge in [0.15, 0.2) is 11.6 Å². The molecule has 1 aliphatic rings. The SMILES string of the molecule is COc1ccccc1C1CNCCN1S(=O)(=O)c1ccc(OC(F)F)c(F)c1. The van der Waals surface area contributed by atoms with Crippen LogP contribution in [0.1, 0.15) is 11.6 Å². The van der Waals surface area contributed by atoms with Crippen LogP contribution in [0.15, 0.2) is 47.4 Å². The van der Waals surface area contributed by atoms with E-state index >= 15 is 0 Å². The number of nitrogens with zero attached hydrogens (tertiary/aromatic N) is 1. The molecule has 0 bridgehead atoms. The molecule has 0 aliphatic carbocycles. The molecule has 1 aliphatic heterocycles. The summed E-state index contributed by atoms with van der Waals surface area (Å²) >= 11 is 0. The van der Waals surface area contributed by atoms with Crippen molar-refractivity contribution in [3.63, 3.8) is 0 Å². The Morgan fingerprint density at radius 1 is 1.18 bits per heavy atom. The summed E-state index contributed by atoms with van der Waals surface area (Å²) in [6.45, 7) is -2.30. The Morgan fingerprint density at radius 2 is 1.93 bits per heavy atom. The average Bonchev–Trinajstić information content (AvgIpc) is 2.69. The van der Waals surface area contributed by atoms with E-state index in [1.807, 2.05) is 0 Å². The first-order valence-corrected chi connectivity index (χ1v) is 9.88.